The van der Waals surface area contributed by atoms with Gasteiger partial charge in [-0.25, -0.2) is 4.98 Å². The fourth-order valence-corrected chi connectivity index (χ4v) is 4.62. The normalized spacial score (nSPS) is 15.3. The maximum Gasteiger partial charge on any atom is 0.278 e. The number of hydrogen-bond donors (Lipinski definition) is 0. The van der Waals surface area contributed by atoms with Gasteiger partial charge in [0.15, 0.2) is 5.13 Å². The molecule has 0 atom stereocenters. The number of benzene rings is 1. The summed E-state index contributed by atoms with van der Waals surface area (Å²) >= 11 is 5.03. The zero-order valence-corrected chi connectivity index (χ0v) is 17.4. The van der Waals surface area contributed by atoms with E-state index in [2.05, 4.69) is 25.9 Å². The lowest BCUT2D eigenvalue weighted by molar-refractivity contribution is 0.0391. The third-order valence-electron chi connectivity index (χ3n) is 4.60. The predicted molar refractivity (Wildman–Crippen MR) is 109 cm³/mol. The molecule has 27 heavy (non-hydrogen) atoms. The summed E-state index contributed by atoms with van der Waals surface area (Å²) in [6.45, 7) is 4.62. The lowest BCUT2D eigenvalue weighted by Gasteiger charge is -2.29. The highest BCUT2D eigenvalue weighted by Crippen LogP contribution is 2.31. The smallest absolute Gasteiger partial charge is 0.278 e. The Hall–Kier alpha value is -1.81. The first kappa shape index (κ1) is 18.5. The van der Waals surface area contributed by atoms with Crippen LogP contribution in [0.1, 0.15) is 10.5 Å². The fraction of sp³-hybridized carbons (Fsp3) is 0.389. The molecule has 0 bridgehead atoms. The van der Waals surface area contributed by atoms with Gasteiger partial charge in [0.05, 0.1) is 23.4 Å². The minimum atomic E-state index is -0.0821. The number of carbonyl (C=O) groups is 1. The quantitative estimate of drug-likeness (QED) is 0.599. The molecule has 7 nitrogen and oxygen atoms in total. The molecule has 0 aliphatic carbocycles. The number of thiazole rings is 1. The van der Waals surface area contributed by atoms with Crippen LogP contribution in [0.15, 0.2) is 34.9 Å². The highest BCUT2D eigenvalue weighted by Gasteiger charge is 2.24. The van der Waals surface area contributed by atoms with Crippen LogP contribution < -0.4 is 4.90 Å². The number of amides is 1. The van der Waals surface area contributed by atoms with Crippen molar-refractivity contribution in [1.29, 1.82) is 0 Å². The molecule has 142 valence electrons. The van der Waals surface area contributed by atoms with Crippen molar-refractivity contribution in [1.82, 2.24) is 19.7 Å². The van der Waals surface area contributed by atoms with Crippen molar-refractivity contribution in [3.8, 4) is 0 Å². The fourth-order valence-electron chi connectivity index (χ4n) is 3.07. The van der Waals surface area contributed by atoms with E-state index in [1.165, 1.54) is 11.3 Å². The summed E-state index contributed by atoms with van der Waals surface area (Å²) in [5, 5.41) is 4.85. The van der Waals surface area contributed by atoms with Crippen molar-refractivity contribution in [3.63, 3.8) is 0 Å². The van der Waals surface area contributed by atoms with E-state index in [1.54, 1.807) is 28.9 Å². The van der Waals surface area contributed by atoms with Gasteiger partial charge in [-0.1, -0.05) is 27.3 Å². The van der Waals surface area contributed by atoms with Crippen molar-refractivity contribution in [2.75, 3.05) is 44.3 Å². The lowest BCUT2D eigenvalue weighted by Crippen LogP contribution is -2.43. The Bertz CT molecular complexity index is 950. The number of anilines is 1. The second-order valence-corrected chi connectivity index (χ2v) is 8.28. The molecule has 9 heteroatoms. The van der Waals surface area contributed by atoms with Gasteiger partial charge < -0.3 is 4.74 Å². The summed E-state index contributed by atoms with van der Waals surface area (Å²) in [5.74, 6) is -0.0821. The standard InChI is InChI=1S/C18H20BrN5O2S/c1-22-15(4-5-20-22)17(25)24(7-6-23-8-10-26-11-9-23)18-21-14-3-2-13(19)12-16(14)27-18/h2-5,12H,6-11H2,1H3. The van der Waals surface area contributed by atoms with E-state index in [0.717, 1.165) is 47.5 Å². The average molecular weight is 450 g/mol. The van der Waals surface area contributed by atoms with Gasteiger partial charge in [0, 0.05) is 43.9 Å². The molecule has 1 fully saturated rings. The van der Waals surface area contributed by atoms with Crippen LogP contribution in [0.3, 0.4) is 0 Å². The van der Waals surface area contributed by atoms with Crippen molar-refractivity contribution >= 4 is 48.5 Å². The number of hydrogen-bond acceptors (Lipinski definition) is 6. The van der Waals surface area contributed by atoms with Crippen molar-refractivity contribution in [2.45, 2.75) is 0 Å². The highest BCUT2D eigenvalue weighted by molar-refractivity contribution is 9.10. The van der Waals surface area contributed by atoms with Crippen LogP contribution in [0.4, 0.5) is 5.13 Å². The zero-order valence-electron chi connectivity index (χ0n) is 15.0. The maximum absolute atomic E-state index is 13.2. The van der Waals surface area contributed by atoms with E-state index in [1.807, 2.05) is 18.2 Å². The maximum atomic E-state index is 13.2. The molecular formula is C18H20BrN5O2S. The first-order valence-corrected chi connectivity index (χ1v) is 10.4. The van der Waals surface area contributed by atoms with E-state index >= 15 is 0 Å². The van der Waals surface area contributed by atoms with E-state index in [4.69, 9.17) is 9.72 Å². The molecule has 0 radical (unpaired) electrons. The molecular weight excluding hydrogens is 430 g/mol. The summed E-state index contributed by atoms with van der Waals surface area (Å²) in [6.07, 6.45) is 1.64. The third kappa shape index (κ3) is 4.06. The second kappa shape index (κ2) is 8.05. The highest BCUT2D eigenvalue weighted by atomic mass is 79.9. The first-order valence-electron chi connectivity index (χ1n) is 8.78. The molecule has 3 heterocycles. The second-order valence-electron chi connectivity index (χ2n) is 6.36. The van der Waals surface area contributed by atoms with E-state index < -0.39 is 0 Å². The summed E-state index contributed by atoms with van der Waals surface area (Å²) in [7, 11) is 1.78. The molecule has 1 saturated heterocycles. The number of ether oxygens (including phenoxy) is 1. The minimum Gasteiger partial charge on any atom is -0.379 e. The SMILES string of the molecule is Cn1nccc1C(=O)N(CCN1CCOCC1)c1nc2ccc(Br)cc2s1. The summed E-state index contributed by atoms with van der Waals surface area (Å²) in [6, 6.07) is 7.71. The number of aryl methyl sites for hydroxylation is 1. The molecule has 3 aromatic rings. The molecule has 0 saturated carbocycles. The van der Waals surface area contributed by atoms with Gasteiger partial charge in [-0.15, -0.1) is 0 Å². The van der Waals surface area contributed by atoms with Crippen LogP contribution in [0, 0.1) is 0 Å². The van der Waals surface area contributed by atoms with E-state index in [9.17, 15) is 4.79 Å². The molecule has 1 aromatic carbocycles. The first-order chi connectivity index (χ1) is 13.1. The molecule has 2 aromatic heterocycles. The molecule has 1 aliphatic rings. The Kier molecular flexibility index (Phi) is 5.53. The van der Waals surface area contributed by atoms with Crippen LogP contribution >= 0.6 is 27.3 Å². The Morgan fingerprint density at radius 3 is 2.89 bits per heavy atom. The zero-order chi connectivity index (χ0) is 18.8. The molecule has 1 amide bonds. The van der Waals surface area contributed by atoms with Crippen LogP contribution in [-0.2, 0) is 11.8 Å². The van der Waals surface area contributed by atoms with Crippen LogP contribution in [0.25, 0.3) is 10.2 Å². The largest absolute Gasteiger partial charge is 0.379 e. The monoisotopic (exact) mass is 449 g/mol. The Morgan fingerprint density at radius 2 is 2.15 bits per heavy atom. The Morgan fingerprint density at radius 1 is 1.33 bits per heavy atom. The van der Waals surface area contributed by atoms with E-state index in [0.29, 0.717) is 17.4 Å². The summed E-state index contributed by atoms with van der Waals surface area (Å²) in [5.41, 5.74) is 1.45. The average Bonchev–Trinajstić information content (AvgIpc) is 3.28. The molecule has 1 aliphatic heterocycles. The number of aromatic nitrogens is 3. The summed E-state index contributed by atoms with van der Waals surface area (Å²) in [4.78, 5) is 22.0. The molecule has 4 rings (SSSR count). The van der Waals surface area contributed by atoms with Crippen molar-refractivity contribution < 1.29 is 9.53 Å². The lowest BCUT2D eigenvalue weighted by atomic mass is 10.3. The minimum absolute atomic E-state index is 0.0821. The van der Waals surface area contributed by atoms with Crippen LogP contribution in [0.5, 0.6) is 0 Å². The predicted octanol–water partition coefficient (Wildman–Crippen LogP) is 2.77. The van der Waals surface area contributed by atoms with Crippen molar-refractivity contribution in [3.05, 3.63) is 40.6 Å². The van der Waals surface area contributed by atoms with Gasteiger partial charge in [-0.3, -0.25) is 19.3 Å². The number of halogens is 1. The van der Waals surface area contributed by atoms with Crippen LogP contribution in [-0.4, -0.2) is 65.0 Å². The summed E-state index contributed by atoms with van der Waals surface area (Å²) < 4.78 is 9.07. The van der Waals surface area contributed by atoms with Gasteiger partial charge in [-0.2, -0.15) is 5.10 Å². The number of fused-ring (bicyclic) bond motifs is 1. The van der Waals surface area contributed by atoms with Crippen LogP contribution in [0.2, 0.25) is 0 Å². The molecule has 0 N–H and O–H groups in total. The Labute approximate surface area is 169 Å². The number of rotatable bonds is 5. The Balaban J connectivity index is 1.63. The topological polar surface area (TPSA) is 63.5 Å². The van der Waals surface area contributed by atoms with Gasteiger partial charge >= 0.3 is 0 Å². The van der Waals surface area contributed by atoms with Gasteiger partial charge in [0.2, 0.25) is 0 Å². The third-order valence-corrected chi connectivity index (χ3v) is 6.13. The van der Waals surface area contributed by atoms with Gasteiger partial charge in [-0.05, 0) is 24.3 Å². The molecule has 0 unspecified atom stereocenters. The number of carbonyl (C=O) groups excluding carboxylic acids is 1. The van der Waals surface area contributed by atoms with Crippen molar-refractivity contribution in [2.24, 2.45) is 7.05 Å². The van der Waals surface area contributed by atoms with Gasteiger partial charge in [0.25, 0.3) is 5.91 Å². The van der Waals surface area contributed by atoms with E-state index in [-0.39, 0.29) is 5.91 Å². The number of nitrogens with zero attached hydrogens (tertiary/aromatic N) is 5. The molecule has 0 spiro atoms. The van der Waals surface area contributed by atoms with Gasteiger partial charge in [0.1, 0.15) is 5.69 Å². The number of morpholine rings is 1.